The van der Waals surface area contributed by atoms with Gasteiger partial charge in [-0.15, -0.1) is 0 Å². The number of hydrogen-bond donors (Lipinski definition) is 1. The van der Waals surface area contributed by atoms with Crippen molar-refractivity contribution in [1.82, 2.24) is 5.32 Å². The molecule has 1 N–H and O–H groups in total. The third-order valence-corrected chi connectivity index (χ3v) is 4.91. The summed E-state index contributed by atoms with van der Waals surface area (Å²) in [6, 6.07) is 6.75. The molecule has 0 saturated heterocycles. The Morgan fingerprint density at radius 2 is 2.06 bits per heavy atom. The second-order valence-corrected chi connectivity index (χ2v) is 7.22. The van der Waals surface area contributed by atoms with Gasteiger partial charge < -0.3 is 5.32 Å². The van der Waals surface area contributed by atoms with Crippen molar-refractivity contribution in [3.05, 3.63) is 29.3 Å². The normalized spacial score (nSPS) is 24.5. The number of rotatable bonds is 1. The number of nitrogens with one attached hydrogen (secondary N) is 1. The lowest BCUT2D eigenvalue weighted by molar-refractivity contribution is 0.544. The highest BCUT2D eigenvalue weighted by Gasteiger charge is 2.25. The Labute approximate surface area is 106 Å². The van der Waals surface area contributed by atoms with E-state index in [0.717, 1.165) is 17.1 Å². The smallest absolute Gasteiger partial charge is 0.0533 e. The Kier molecular flexibility index (Phi) is 3.41. The van der Waals surface area contributed by atoms with Crippen molar-refractivity contribution in [3.8, 4) is 0 Å². The van der Waals surface area contributed by atoms with Crippen LogP contribution in [0.25, 0.3) is 0 Å². The van der Waals surface area contributed by atoms with Gasteiger partial charge in [0.2, 0.25) is 0 Å². The zero-order valence-electron chi connectivity index (χ0n) is 11.0. The summed E-state index contributed by atoms with van der Waals surface area (Å²) in [6.45, 7) is 6.63. The van der Waals surface area contributed by atoms with Crippen molar-refractivity contribution >= 4 is 10.8 Å². The third-order valence-electron chi connectivity index (χ3n) is 3.44. The number of hydrogen-bond acceptors (Lipinski definition) is 2. The highest BCUT2D eigenvalue weighted by molar-refractivity contribution is 7.85. The molecule has 0 radical (unpaired) electrons. The molecule has 17 heavy (non-hydrogen) atoms. The van der Waals surface area contributed by atoms with Gasteiger partial charge in [-0.05, 0) is 36.1 Å². The minimum Gasteiger partial charge on any atom is -0.313 e. The van der Waals surface area contributed by atoms with E-state index >= 15 is 0 Å². The Balaban J connectivity index is 2.51. The van der Waals surface area contributed by atoms with Crippen LogP contribution in [-0.4, -0.2) is 17.0 Å². The molecule has 2 nitrogen and oxygen atoms in total. The van der Waals surface area contributed by atoms with E-state index in [1.54, 1.807) is 0 Å². The van der Waals surface area contributed by atoms with Crippen LogP contribution in [0.4, 0.5) is 0 Å². The zero-order valence-corrected chi connectivity index (χ0v) is 11.9. The van der Waals surface area contributed by atoms with E-state index in [-0.39, 0.29) is 5.41 Å². The minimum atomic E-state index is -0.812. The summed E-state index contributed by atoms with van der Waals surface area (Å²) in [5.74, 6) is 0.771. The van der Waals surface area contributed by atoms with Gasteiger partial charge in [0, 0.05) is 16.7 Å². The molecule has 1 heterocycles. The summed E-state index contributed by atoms with van der Waals surface area (Å²) >= 11 is 0. The second kappa shape index (κ2) is 4.54. The van der Waals surface area contributed by atoms with E-state index in [0.29, 0.717) is 6.04 Å². The maximum absolute atomic E-state index is 12.0. The van der Waals surface area contributed by atoms with Gasteiger partial charge in [0.15, 0.2) is 0 Å². The molecule has 1 aromatic rings. The topological polar surface area (TPSA) is 29.1 Å². The lowest BCUT2D eigenvalue weighted by Gasteiger charge is -2.28. The predicted octanol–water partition coefficient (Wildman–Crippen LogP) is 2.76. The molecule has 2 rings (SSSR count). The van der Waals surface area contributed by atoms with E-state index in [9.17, 15) is 4.21 Å². The van der Waals surface area contributed by atoms with Crippen LogP contribution < -0.4 is 5.32 Å². The fraction of sp³-hybridized carbons (Fsp3) is 0.571. The quantitative estimate of drug-likeness (QED) is 0.831. The van der Waals surface area contributed by atoms with Crippen LogP contribution >= 0.6 is 0 Å². The Morgan fingerprint density at radius 1 is 1.35 bits per heavy atom. The van der Waals surface area contributed by atoms with Crippen molar-refractivity contribution < 1.29 is 4.21 Å². The van der Waals surface area contributed by atoms with Crippen molar-refractivity contribution in [3.63, 3.8) is 0 Å². The van der Waals surface area contributed by atoms with Crippen LogP contribution in [0.15, 0.2) is 23.1 Å². The van der Waals surface area contributed by atoms with Gasteiger partial charge >= 0.3 is 0 Å². The molecule has 0 aliphatic carbocycles. The molecular weight excluding hydrogens is 230 g/mol. The average Bonchev–Trinajstić information content (AvgIpc) is 2.28. The van der Waals surface area contributed by atoms with Crippen molar-refractivity contribution in [2.45, 2.75) is 43.5 Å². The molecule has 1 aliphatic rings. The molecule has 1 aromatic carbocycles. The summed E-state index contributed by atoms with van der Waals surface area (Å²) in [4.78, 5) is 1.02. The standard InChI is InChI=1S/C14H21NOS/c1-14(2,3)10-5-6-13-11(9-10)12(15-4)7-8-17(13)16/h5-6,9,12,15H,7-8H2,1-4H3. The van der Waals surface area contributed by atoms with Gasteiger partial charge in [-0.1, -0.05) is 32.9 Å². The third kappa shape index (κ3) is 2.45. The summed E-state index contributed by atoms with van der Waals surface area (Å²) in [5.41, 5.74) is 2.69. The predicted molar refractivity (Wildman–Crippen MR) is 72.8 cm³/mol. The monoisotopic (exact) mass is 251 g/mol. The van der Waals surface area contributed by atoms with Gasteiger partial charge in [-0.2, -0.15) is 0 Å². The first kappa shape index (κ1) is 12.8. The summed E-state index contributed by atoms with van der Waals surface area (Å²) in [7, 11) is 1.17. The molecule has 94 valence electrons. The van der Waals surface area contributed by atoms with E-state index < -0.39 is 10.8 Å². The fourth-order valence-electron chi connectivity index (χ4n) is 2.28. The first-order valence-corrected chi connectivity index (χ1v) is 7.45. The van der Waals surface area contributed by atoms with Crippen molar-refractivity contribution in [1.29, 1.82) is 0 Å². The van der Waals surface area contributed by atoms with Crippen LogP contribution in [0, 0.1) is 0 Å². The molecule has 1 aliphatic heterocycles. The second-order valence-electron chi connectivity index (χ2n) is 5.68. The first-order chi connectivity index (χ1) is 7.93. The Hall–Kier alpha value is -0.670. The highest BCUT2D eigenvalue weighted by atomic mass is 32.2. The lowest BCUT2D eigenvalue weighted by Crippen LogP contribution is -2.25. The molecule has 2 unspecified atom stereocenters. The van der Waals surface area contributed by atoms with Gasteiger partial charge in [0.25, 0.3) is 0 Å². The maximum Gasteiger partial charge on any atom is 0.0533 e. The molecule has 0 amide bonds. The molecular formula is C14H21NOS. The Morgan fingerprint density at radius 3 is 2.65 bits per heavy atom. The largest absolute Gasteiger partial charge is 0.313 e. The van der Waals surface area contributed by atoms with Crippen LogP contribution in [0.2, 0.25) is 0 Å². The van der Waals surface area contributed by atoms with E-state index in [1.807, 2.05) is 7.05 Å². The fourth-order valence-corrected chi connectivity index (χ4v) is 3.64. The van der Waals surface area contributed by atoms with Gasteiger partial charge in [-0.25, -0.2) is 0 Å². The molecule has 0 aromatic heterocycles. The van der Waals surface area contributed by atoms with Crippen LogP contribution in [0.1, 0.15) is 44.4 Å². The van der Waals surface area contributed by atoms with Gasteiger partial charge in [-0.3, -0.25) is 4.21 Å². The molecule has 0 fully saturated rings. The lowest BCUT2D eigenvalue weighted by atomic mass is 9.85. The molecule has 0 spiro atoms. The minimum absolute atomic E-state index is 0.145. The summed E-state index contributed by atoms with van der Waals surface area (Å²) in [6.07, 6.45) is 0.962. The van der Waals surface area contributed by atoms with Gasteiger partial charge in [0.1, 0.15) is 0 Å². The van der Waals surface area contributed by atoms with Crippen LogP contribution in [0.5, 0.6) is 0 Å². The van der Waals surface area contributed by atoms with Crippen molar-refractivity contribution in [2.24, 2.45) is 0 Å². The van der Waals surface area contributed by atoms with Gasteiger partial charge in [0.05, 0.1) is 10.8 Å². The van der Waals surface area contributed by atoms with Crippen LogP contribution in [-0.2, 0) is 16.2 Å². The van der Waals surface area contributed by atoms with Crippen LogP contribution in [0.3, 0.4) is 0 Å². The summed E-state index contributed by atoms with van der Waals surface area (Å²) in [5, 5.41) is 3.32. The average molecular weight is 251 g/mol. The molecule has 0 saturated carbocycles. The first-order valence-electron chi connectivity index (χ1n) is 6.13. The van der Waals surface area contributed by atoms with E-state index in [1.165, 1.54) is 11.1 Å². The summed E-state index contributed by atoms with van der Waals surface area (Å²) < 4.78 is 12.0. The zero-order chi connectivity index (χ0) is 12.6. The highest BCUT2D eigenvalue weighted by Crippen LogP contribution is 2.33. The molecule has 2 atom stereocenters. The molecule has 3 heteroatoms. The SMILES string of the molecule is CNC1CCS(=O)c2ccc(C(C)(C)C)cc21. The van der Waals surface area contributed by atoms with Crippen molar-refractivity contribution in [2.75, 3.05) is 12.8 Å². The van der Waals surface area contributed by atoms with E-state index in [2.05, 4.69) is 44.3 Å². The maximum atomic E-state index is 12.0. The van der Waals surface area contributed by atoms with E-state index in [4.69, 9.17) is 0 Å². The number of benzene rings is 1. The molecule has 0 bridgehead atoms. The Bertz CT molecular complexity index is 448. The number of fused-ring (bicyclic) bond motifs is 1.